The number of ether oxygens (including phenoxy) is 1. The molecule has 3 rings (SSSR count). The Morgan fingerprint density at radius 2 is 1.11 bits per heavy atom. The standard InChI is InChI=1S/C20H17F2NO.C3H9N/c21-18-5-1-14(2-6-18)16-11-17(13-20(12-16)24-10-9-23)15-3-7-19(22)8-4-15;1-2-3-4/h1-8,11-13H,9-10,23H2;2-4H2,1H3. The van der Waals surface area contributed by atoms with Gasteiger partial charge < -0.3 is 16.2 Å². The van der Waals surface area contributed by atoms with Gasteiger partial charge in [0.05, 0.1) is 0 Å². The number of nitrogens with two attached hydrogens (primary N) is 2. The summed E-state index contributed by atoms with van der Waals surface area (Å²) in [4.78, 5) is 0. The van der Waals surface area contributed by atoms with Gasteiger partial charge in [0.25, 0.3) is 0 Å². The molecule has 28 heavy (non-hydrogen) atoms. The summed E-state index contributed by atoms with van der Waals surface area (Å²) >= 11 is 0. The summed E-state index contributed by atoms with van der Waals surface area (Å²) in [5.74, 6) is 0.0997. The second-order valence-electron chi connectivity index (χ2n) is 6.19. The van der Waals surface area contributed by atoms with E-state index in [0.29, 0.717) is 18.9 Å². The molecule has 0 amide bonds. The Morgan fingerprint density at radius 3 is 1.46 bits per heavy atom. The fourth-order valence-corrected chi connectivity index (χ4v) is 2.48. The fourth-order valence-electron chi connectivity index (χ4n) is 2.48. The zero-order valence-corrected chi connectivity index (χ0v) is 16.0. The van der Waals surface area contributed by atoms with Gasteiger partial charge in [-0.25, -0.2) is 8.78 Å². The minimum absolute atomic E-state index is 0.284. The number of benzene rings is 3. The Balaban J connectivity index is 0.000000640. The largest absolute Gasteiger partial charge is 0.492 e. The Morgan fingerprint density at radius 1 is 0.679 bits per heavy atom. The van der Waals surface area contributed by atoms with Crippen LogP contribution in [0.1, 0.15) is 13.3 Å². The average Bonchev–Trinajstić information content (AvgIpc) is 2.73. The SMILES string of the molecule is CCCN.NCCOc1cc(-c2ccc(F)cc2)cc(-c2ccc(F)cc2)c1. The summed E-state index contributed by atoms with van der Waals surface area (Å²) in [5, 5.41) is 0. The fraction of sp³-hybridized carbons (Fsp3) is 0.217. The average molecular weight is 384 g/mol. The molecular formula is C23H26F2N2O. The van der Waals surface area contributed by atoms with Crippen molar-refractivity contribution in [3.05, 3.63) is 78.4 Å². The maximum Gasteiger partial charge on any atom is 0.123 e. The highest BCUT2D eigenvalue weighted by atomic mass is 19.1. The first-order valence-electron chi connectivity index (χ1n) is 9.27. The van der Waals surface area contributed by atoms with Gasteiger partial charge in [-0.3, -0.25) is 0 Å². The van der Waals surface area contributed by atoms with Gasteiger partial charge in [-0.15, -0.1) is 0 Å². The molecule has 0 saturated carbocycles. The van der Waals surface area contributed by atoms with Crippen molar-refractivity contribution < 1.29 is 13.5 Å². The lowest BCUT2D eigenvalue weighted by Gasteiger charge is -2.12. The van der Waals surface area contributed by atoms with E-state index in [1.807, 2.05) is 18.2 Å². The molecule has 3 nitrogen and oxygen atoms in total. The molecular weight excluding hydrogens is 358 g/mol. The van der Waals surface area contributed by atoms with Gasteiger partial charge in [0.15, 0.2) is 0 Å². The van der Waals surface area contributed by atoms with E-state index in [-0.39, 0.29) is 11.6 Å². The van der Waals surface area contributed by atoms with Crippen molar-refractivity contribution in [3.8, 4) is 28.0 Å². The van der Waals surface area contributed by atoms with Crippen molar-refractivity contribution in [2.45, 2.75) is 13.3 Å². The summed E-state index contributed by atoms with van der Waals surface area (Å²) in [6, 6.07) is 18.3. The van der Waals surface area contributed by atoms with Gasteiger partial charge in [-0.2, -0.15) is 0 Å². The molecule has 5 heteroatoms. The van der Waals surface area contributed by atoms with E-state index in [4.69, 9.17) is 16.2 Å². The highest BCUT2D eigenvalue weighted by Gasteiger charge is 2.07. The van der Waals surface area contributed by atoms with Crippen LogP contribution in [-0.4, -0.2) is 19.7 Å². The molecule has 0 bridgehead atoms. The molecule has 0 aromatic heterocycles. The summed E-state index contributed by atoms with van der Waals surface area (Å²) in [7, 11) is 0. The van der Waals surface area contributed by atoms with E-state index in [1.54, 1.807) is 24.3 Å². The molecule has 0 heterocycles. The highest BCUT2D eigenvalue weighted by Crippen LogP contribution is 2.31. The van der Waals surface area contributed by atoms with Crippen LogP contribution in [-0.2, 0) is 0 Å². The molecule has 0 aliphatic rings. The minimum atomic E-state index is -0.284. The van der Waals surface area contributed by atoms with Crippen LogP contribution in [0.25, 0.3) is 22.3 Å². The maximum atomic E-state index is 13.2. The Labute approximate surface area is 165 Å². The predicted octanol–water partition coefficient (Wildman–Crippen LogP) is 4.99. The Kier molecular flexibility index (Phi) is 8.59. The number of hydrogen-bond acceptors (Lipinski definition) is 3. The third kappa shape index (κ3) is 6.44. The smallest absolute Gasteiger partial charge is 0.123 e. The van der Waals surface area contributed by atoms with Gasteiger partial charge in [0.1, 0.15) is 24.0 Å². The minimum Gasteiger partial charge on any atom is -0.492 e. The van der Waals surface area contributed by atoms with Crippen LogP contribution < -0.4 is 16.2 Å². The Hall–Kier alpha value is -2.76. The van der Waals surface area contributed by atoms with Gasteiger partial charge >= 0.3 is 0 Å². The van der Waals surface area contributed by atoms with Crippen LogP contribution in [0.15, 0.2) is 66.7 Å². The molecule has 0 radical (unpaired) electrons. The lowest BCUT2D eigenvalue weighted by atomic mass is 9.98. The molecule has 3 aromatic carbocycles. The quantitative estimate of drug-likeness (QED) is 0.629. The van der Waals surface area contributed by atoms with Crippen molar-refractivity contribution in [1.29, 1.82) is 0 Å². The van der Waals surface area contributed by atoms with E-state index < -0.39 is 0 Å². The van der Waals surface area contributed by atoms with E-state index in [0.717, 1.165) is 35.2 Å². The summed E-state index contributed by atoms with van der Waals surface area (Å²) in [6.07, 6.45) is 1.10. The molecule has 0 spiro atoms. The number of halogens is 2. The van der Waals surface area contributed by atoms with Crippen molar-refractivity contribution in [2.75, 3.05) is 19.7 Å². The monoisotopic (exact) mass is 384 g/mol. The number of hydrogen-bond donors (Lipinski definition) is 2. The normalized spacial score (nSPS) is 10.2. The van der Waals surface area contributed by atoms with Gasteiger partial charge in [0, 0.05) is 6.54 Å². The molecule has 0 atom stereocenters. The van der Waals surface area contributed by atoms with Crippen molar-refractivity contribution >= 4 is 0 Å². The third-order valence-corrected chi connectivity index (χ3v) is 3.94. The second-order valence-corrected chi connectivity index (χ2v) is 6.19. The summed E-state index contributed by atoms with van der Waals surface area (Å²) < 4.78 is 32.0. The first-order valence-corrected chi connectivity index (χ1v) is 9.27. The second kappa shape index (κ2) is 11.2. The zero-order chi connectivity index (χ0) is 20.4. The Bertz CT molecular complexity index is 784. The molecule has 4 N–H and O–H groups in total. The molecule has 0 fully saturated rings. The topological polar surface area (TPSA) is 61.3 Å². The lowest BCUT2D eigenvalue weighted by Crippen LogP contribution is -2.10. The predicted molar refractivity (Wildman–Crippen MR) is 111 cm³/mol. The van der Waals surface area contributed by atoms with E-state index >= 15 is 0 Å². The summed E-state index contributed by atoms with van der Waals surface area (Å²) in [5.41, 5.74) is 14.1. The molecule has 0 unspecified atom stereocenters. The molecule has 0 aliphatic heterocycles. The first kappa shape index (κ1) is 21.5. The van der Waals surface area contributed by atoms with Crippen LogP contribution in [0.2, 0.25) is 0 Å². The molecule has 0 saturated heterocycles. The highest BCUT2D eigenvalue weighted by molar-refractivity contribution is 5.75. The van der Waals surface area contributed by atoms with Crippen LogP contribution >= 0.6 is 0 Å². The van der Waals surface area contributed by atoms with Crippen molar-refractivity contribution in [1.82, 2.24) is 0 Å². The van der Waals surface area contributed by atoms with Crippen LogP contribution in [0, 0.1) is 11.6 Å². The van der Waals surface area contributed by atoms with E-state index in [1.165, 1.54) is 24.3 Å². The van der Waals surface area contributed by atoms with Crippen LogP contribution in [0.5, 0.6) is 5.75 Å². The first-order chi connectivity index (χ1) is 13.6. The van der Waals surface area contributed by atoms with Gasteiger partial charge in [-0.05, 0) is 77.7 Å². The van der Waals surface area contributed by atoms with Gasteiger partial charge in [-0.1, -0.05) is 31.2 Å². The van der Waals surface area contributed by atoms with E-state index in [2.05, 4.69) is 6.92 Å². The molecule has 0 aliphatic carbocycles. The third-order valence-electron chi connectivity index (χ3n) is 3.94. The summed E-state index contributed by atoms with van der Waals surface area (Å²) in [6.45, 7) is 3.68. The van der Waals surface area contributed by atoms with Crippen LogP contribution in [0.3, 0.4) is 0 Å². The van der Waals surface area contributed by atoms with E-state index in [9.17, 15) is 8.78 Å². The van der Waals surface area contributed by atoms with Crippen molar-refractivity contribution in [2.24, 2.45) is 11.5 Å². The maximum absolute atomic E-state index is 13.2. The lowest BCUT2D eigenvalue weighted by molar-refractivity contribution is 0.328. The zero-order valence-electron chi connectivity index (χ0n) is 16.0. The van der Waals surface area contributed by atoms with Crippen molar-refractivity contribution in [3.63, 3.8) is 0 Å². The molecule has 3 aromatic rings. The molecule has 148 valence electrons. The van der Waals surface area contributed by atoms with Crippen LogP contribution in [0.4, 0.5) is 8.78 Å². The van der Waals surface area contributed by atoms with Gasteiger partial charge in [0.2, 0.25) is 0 Å². The number of rotatable bonds is 6.